The number of nitrogens with zero attached hydrogens (tertiary/aromatic N) is 4. The van der Waals surface area contributed by atoms with Crippen LogP contribution in [0.2, 0.25) is 5.02 Å². The highest BCUT2D eigenvalue weighted by molar-refractivity contribution is 6.34. The largest absolute Gasteiger partial charge is 0.299 e. The van der Waals surface area contributed by atoms with E-state index in [1.807, 2.05) is 0 Å². The van der Waals surface area contributed by atoms with Crippen LogP contribution in [-0.4, -0.2) is 37.8 Å². The zero-order valence-corrected chi connectivity index (χ0v) is 24.8. The third-order valence-corrected chi connectivity index (χ3v) is 7.66. The van der Waals surface area contributed by atoms with E-state index in [9.17, 15) is 0 Å². The van der Waals surface area contributed by atoms with E-state index in [2.05, 4.69) is 68.9 Å². The third-order valence-electron chi connectivity index (χ3n) is 7.30. The summed E-state index contributed by atoms with van der Waals surface area (Å²) >= 11 is 6.71. The summed E-state index contributed by atoms with van der Waals surface area (Å²) in [5.41, 5.74) is 3.97. The number of nitrogens with one attached hydrogen (secondary N) is 1. The number of aromatic amines is 1. The van der Waals surface area contributed by atoms with Crippen LogP contribution in [-0.2, 0) is 12.0 Å². The lowest BCUT2D eigenvalue weighted by atomic mass is 9.92. The van der Waals surface area contributed by atoms with Gasteiger partial charge in [0.2, 0.25) is 0 Å². The summed E-state index contributed by atoms with van der Waals surface area (Å²) < 4.78 is 1.74. The zero-order chi connectivity index (χ0) is 26.7. The molecule has 5 nitrogen and oxygen atoms in total. The highest BCUT2D eigenvalue weighted by Gasteiger charge is 2.25. The monoisotopic (exact) mass is 527 g/mol. The smallest absolute Gasteiger partial charge is 0.194 e. The molecule has 3 rings (SSSR count). The summed E-state index contributed by atoms with van der Waals surface area (Å²) in [4.78, 5) is 7.52. The minimum absolute atomic E-state index is 0.0921. The maximum absolute atomic E-state index is 6.71. The summed E-state index contributed by atoms with van der Waals surface area (Å²) in [6.45, 7) is 14.3. The molecule has 206 valence electrons. The van der Waals surface area contributed by atoms with E-state index in [1.165, 1.54) is 82.6 Å². The maximum Gasteiger partial charge on any atom is 0.194 e. The molecule has 1 N–H and O–H groups in total. The van der Waals surface area contributed by atoms with Crippen molar-refractivity contribution < 1.29 is 0 Å². The number of rotatable bonds is 17. The van der Waals surface area contributed by atoms with Crippen LogP contribution < -0.4 is 0 Å². The Balaban J connectivity index is 1.71. The molecule has 0 aliphatic heterocycles. The van der Waals surface area contributed by atoms with Crippen LogP contribution in [0.5, 0.6) is 0 Å². The first-order valence-corrected chi connectivity index (χ1v) is 15.2. The van der Waals surface area contributed by atoms with E-state index >= 15 is 0 Å². The van der Waals surface area contributed by atoms with Crippen LogP contribution in [0.25, 0.3) is 17.0 Å². The summed E-state index contributed by atoms with van der Waals surface area (Å²) in [7, 11) is 0. The Morgan fingerprint density at radius 1 is 0.838 bits per heavy atom. The SMILES string of the molecule is CCCCCCCCN(CCCCCCCC)Cc1ccccc1-c1nc2c(Cl)c(C(C)(C)C)[nH]n2n1. The first-order valence-electron chi connectivity index (χ1n) is 14.8. The normalized spacial score (nSPS) is 12.3. The Bertz CT molecular complexity index is 1050. The van der Waals surface area contributed by atoms with Gasteiger partial charge in [0.25, 0.3) is 0 Å². The minimum Gasteiger partial charge on any atom is -0.299 e. The molecule has 0 saturated carbocycles. The molecule has 6 heteroatoms. The second kappa shape index (κ2) is 14.9. The Hall–Kier alpha value is -1.85. The van der Waals surface area contributed by atoms with Crippen molar-refractivity contribution >= 4 is 17.2 Å². The Labute approximate surface area is 230 Å². The zero-order valence-electron chi connectivity index (χ0n) is 24.1. The summed E-state index contributed by atoms with van der Waals surface area (Å²) in [6, 6.07) is 8.61. The van der Waals surface area contributed by atoms with Crippen LogP contribution in [0, 0.1) is 0 Å². The number of aromatic nitrogens is 4. The van der Waals surface area contributed by atoms with Crippen LogP contribution in [0.15, 0.2) is 24.3 Å². The second-order valence-electron chi connectivity index (χ2n) is 11.7. The first kappa shape index (κ1) is 29.7. The van der Waals surface area contributed by atoms with Gasteiger partial charge in [-0.1, -0.05) is 135 Å². The van der Waals surface area contributed by atoms with Gasteiger partial charge in [-0.15, -0.1) is 5.10 Å². The molecule has 2 heterocycles. The molecule has 0 aliphatic rings. The Morgan fingerprint density at radius 3 is 1.97 bits per heavy atom. The molecule has 0 saturated heterocycles. The fourth-order valence-corrected chi connectivity index (χ4v) is 5.48. The fraction of sp³-hybridized carbons (Fsp3) is 0.677. The van der Waals surface area contributed by atoms with Crippen molar-refractivity contribution in [1.82, 2.24) is 24.7 Å². The third kappa shape index (κ3) is 8.85. The van der Waals surface area contributed by atoms with Gasteiger partial charge >= 0.3 is 0 Å². The average Bonchev–Trinajstić information content (AvgIpc) is 3.42. The van der Waals surface area contributed by atoms with E-state index < -0.39 is 0 Å². The second-order valence-corrected chi connectivity index (χ2v) is 12.1. The van der Waals surface area contributed by atoms with E-state index in [-0.39, 0.29) is 5.41 Å². The van der Waals surface area contributed by atoms with Gasteiger partial charge in [0.15, 0.2) is 11.5 Å². The van der Waals surface area contributed by atoms with Crippen molar-refractivity contribution in [3.05, 3.63) is 40.5 Å². The van der Waals surface area contributed by atoms with E-state index in [1.54, 1.807) is 4.63 Å². The molecule has 0 fully saturated rings. The van der Waals surface area contributed by atoms with Crippen molar-refractivity contribution in [1.29, 1.82) is 0 Å². The molecule has 0 radical (unpaired) electrons. The standard InChI is InChI=1S/C31H50ClN5/c1-6-8-10-12-14-18-22-36(23-19-15-13-11-9-7-2)24-25-20-16-17-21-26(25)29-33-30-27(32)28(31(3,4)5)34-37(30)35-29/h16-17,20-21,34H,6-15,18-19,22-24H2,1-5H3. The molecular formula is C31H50ClN5. The number of unbranched alkanes of at least 4 members (excludes halogenated alkanes) is 10. The van der Waals surface area contributed by atoms with Crippen LogP contribution >= 0.6 is 11.6 Å². The van der Waals surface area contributed by atoms with Crippen molar-refractivity contribution in [2.24, 2.45) is 0 Å². The summed E-state index contributed by atoms with van der Waals surface area (Å²) in [5.74, 6) is 0.739. The van der Waals surface area contributed by atoms with E-state index in [0.717, 1.165) is 36.7 Å². The van der Waals surface area contributed by atoms with Crippen LogP contribution in [0.1, 0.15) is 123 Å². The van der Waals surface area contributed by atoms with Gasteiger partial charge in [-0.3, -0.25) is 10.00 Å². The topological polar surface area (TPSA) is 49.2 Å². The van der Waals surface area contributed by atoms with Gasteiger partial charge in [0, 0.05) is 17.5 Å². The molecule has 0 aliphatic carbocycles. The number of benzene rings is 1. The predicted molar refractivity (Wildman–Crippen MR) is 159 cm³/mol. The van der Waals surface area contributed by atoms with E-state index in [0.29, 0.717) is 10.7 Å². The number of H-pyrrole nitrogens is 1. The number of hydrogen-bond donors (Lipinski definition) is 1. The predicted octanol–water partition coefficient (Wildman–Crippen LogP) is 9.20. The first-order chi connectivity index (χ1) is 17.8. The van der Waals surface area contributed by atoms with Crippen molar-refractivity contribution in [2.75, 3.05) is 13.1 Å². The van der Waals surface area contributed by atoms with Crippen LogP contribution in [0.3, 0.4) is 0 Å². The lowest BCUT2D eigenvalue weighted by Gasteiger charge is -2.23. The number of halogens is 1. The lowest BCUT2D eigenvalue weighted by molar-refractivity contribution is 0.252. The van der Waals surface area contributed by atoms with Gasteiger partial charge < -0.3 is 0 Å². The molecule has 0 amide bonds. The Kier molecular flexibility index (Phi) is 12.0. The molecule has 1 aromatic carbocycles. The molecule has 0 unspecified atom stereocenters. The molecule has 0 atom stereocenters. The van der Waals surface area contributed by atoms with Gasteiger partial charge in [0.1, 0.15) is 5.02 Å². The van der Waals surface area contributed by atoms with E-state index in [4.69, 9.17) is 21.7 Å². The van der Waals surface area contributed by atoms with Gasteiger partial charge in [-0.05, 0) is 31.5 Å². The van der Waals surface area contributed by atoms with Crippen molar-refractivity contribution in [3.8, 4) is 11.4 Å². The van der Waals surface area contributed by atoms with Gasteiger partial charge in [0.05, 0.1) is 5.69 Å². The fourth-order valence-electron chi connectivity index (χ4n) is 5.03. The summed E-state index contributed by atoms with van der Waals surface area (Å²) in [5, 5.41) is 8.82. The Morgan fingerprint density at radius 2 is 1.41 bits per heavy atom. The molecule has 0 spiro atoms. The molecule has 37 heavy (non-hydrogen) atoms. The van der Waals surface area contributed by atoms with Crippen molar-refractivity contribution in [3.63, 3.8) is 0 Å². The van der Waals surface area contributed by atoms with Gasteiger partial charge in [-0.25, -0.2) is 4.98 Å². The average molecular weight is 528 g/mol. The molecule has 2 aromatic heterocycles. The molecule has 0 bridgehead atoms. The maximum atomic E-state index is 6.71. The molecular weight excluding hydrogens is 478 g/mol. The minimum atomic E-state index is -0.0921. The molecule has 3 aromatic rings. The number of fused-ring (bicyclic) bond motifs is 1. The highest BCUT2D eigenvalue weighted by Crippen LogP contribution is 2.32. The van der Waals surface area contributed by atoms with Crippen molar-refractivity contribution in [2.45, 2.75) is 124 Å². The van der Waals surface area contributed by atoms with Crippen LogP contribution in [0.4, 0.5) is 0 Å². The van der Waals surface area contributed by atoms with Gasteiger partial charge in [-0.2, -0.15) is 4.63 Å². The quantitative estimate of drug-likeness (QED) is 0.178. The summed E-state index contributed by atoms with van der Waals surface area (Å²) in [6.07, 6.45) is 16.0. The highest BCUT2D eigenvalue weighted by atomic mass is 35.5. The number of hydrogen-bond acceptors (Lipinski definition) is 3. The lowest BCUT2D eigenvalue weighted by Crippen LogP contribution is -2.26.